The van der Waals surface area contributed by atoms with Gasteiger partial charge in [-0.25, -0.2) is 0 Å². The fraction of sp³-hybridized carbons (Fsp3) is 0. The number of rotatable bonds is 0. The molecule has 0 heterocycles. The fourth-order valence-electron chi connectivity index (χ4n) is 0. The van der Waals surface area contributed by atoms with Gasteiger partial charge in [0.25, 0.3) is 0 Å². The minimum absolute atomic E-state index is 0. The summed E-state index contributed by atoms with van der Waals surface area (Å²) >= 11 is -3.69. The molecule has 0 aromatic rings. The normalized spacial score (nSPS) is 3.57. The van der Waals surface area contributed by atoms with Crippen LogP contribution in [0.25, 0.3) is 0 Å². The van der Waals surface area contributed by atoms with E-state index in [1.54, 1.807) is 0 Å². The number of hydrogen-bond donors (Lipinski definition) is 1. The fourth-order valence-corrected chi connectivity index (χ4v) is 0. The van der Waals surface area contributed by atoms with Crippen LogP contribution in [0.2, 0.25) is 0 Å². The van der Waals surface area contributed by atoms with Crippen LogP contribution in [-0.2, 0) is 22.7 Å². The van der Waals surface area contributed by atoms with Crippen LogP contribution in [0, 0.1) is 0 Å². The van der Waals surface area contributed by atoms with Crippen LogP contribution >= 0.6 is 0 Å². The molecule has 0 aromatic carbocycles. The summed E-state index contributed by atoms with van der Waals surface area (Å²) in [6.07, 6.45) is 0. The molecule has 0 unspecified atom stereocenters. The van der Waals surface area contributed by atoms with Crippen LogP contribution in [0.15, 0.2) is 0 Å². The molecule has 0 spiro atoms. The second-order valence-electron chi connectivity index (χ2n) is 0.238. The third-order valence-electron chi connectivity index (χ3n) is 0. The summed E-state index contributed by atoms with van der Waals surface area (Å²) in [4.78, 5) is 0. The van der Waals surface area contributed by atoms with Gasteiger partial charge in [-0.05, 0) is 0 Å². The third kappa shape index (κ3) is 40.5. The molecule has 7 heavy (non-hydrogen) atoms. The molecular weight excluding hydrogens is 219 g/mol. The van der Waals surface area contributed by atoms with Crippen molar-refractivity contribution >= 4 is 113 Å². The molecule has 0 aliphatic heterocycles. The molecule has 0 aromatic heterocycles. The molecule has 0 radical (unpaired) electrons. The van der Waals surface area contributed by atoms with E-state index >= 15 is 0 Å². The van der Waals surface area contributed by atoms with E-state index in [0.29, 0.717) is 0 Å². The first-order valence-corrected chi connectivity index (χ1v) is 2.33. The summed E-state index contributed by atoms with van der Waals surface area (Å²) in [6, 6.07) is 0. The van der Waals surface area contributed by atoms with E-state index in [1.165, 1.54) is 0 Å². The van der Waals surface area contributed by atoms with Crippen LogP contribution < -0.4 is 0 Å². The van der Waals surface area contributed by atoms with Crippen molar-refractivity contribution in [1.82, 2.24) is 0 Å². The van der Waals surface area contributed by atoms with E-state index in [-0.39, 0.29) is 122 Å². The van der Waals surface area contributed by atoms with E-state index in [9.17, 15) is 0 Å². The van der Waals surface area contributed by atoms with Gasteiger partial charge in [0.1, 0.15) is 0 Å². The van der Waals surface area contributed by atoms with E-state index in [2.05, 4.69) is 0 Å². The maximum atomic E-state index is 8.67. The Morgan fingerprint density at radius 2 is 1.14 bits per heavy atom. The Bertz CT molecular complexity index is 71.5. The average molecular weight is 226 g/mol. The second-order valence-corrected chi connectivity index (χ2v) is 0.981. The molecule has 7 heteroatoms. The van der Waals surface area contributed by atoms with E-state index < -0.39 is 15.4 Å². The molecule has 0 atom stereocenters. The predicted molar refractivity (Wildman–Crippen MR) is 27.5 cm³/mol. The Hall–Kier alpha value is 3.92. The van der Waals surface area contributed by atoms with Crippen molar-refractivity contribution in [2.24, 2.45) is 0 Å². The van der Waals surface area contributed by atoms with Crippen molar-refractivity contribution in [2.45, 2.75) is 0 Å². The summed E-state index contributed by atoms with van der Waals surface area (Å²) in [5, 5.41) is 0. The quantitative estimate of drug-likeness (QED) is 0.524. The van der Waals surface area contributed by atoms with Gasteiger partial charge in [0.2, 0.25) is 0 Å². The molecule has 0 aliphatic carbocycles. The zero-order valence-electron chi connectivity index (χ0n) is 9.83. The van der Waals surface area contributed by atoms with Crippen molar-refractivity contribution in [1.29, 1.82) is 0 Å². The topological polar surface area (TPSA) is 54.4 Å². The van der Waals surface area contributed by atoms with Crippen LogP contribution in [-0.4, -0.2) is 117 Å². The molecule has 0 saturated heterocycles. The zero-order chi connectivity index (χ0) is 3.58. The minimum atomic E-state index is -3.69. The van der Waals surface area contributed by atoms with Crippen LogP contribution in [0.1, 0.15) is 8.56 Å². The molecule has 3 nitrogen and oxygen atoms in total. The number of hydrogen-bond acceptors (Lipinski definition) is 2. The van der Waals surface area contributed by atoms with Crippen LogP contribution in [0.3, 0.4) is 0 Å². The molecule has 36 valence electrons. The SMILES string of the molecule is [Ca+2].[Ca+2].[Ca+2].[H-].[H-].[H-].[H-].[H-].[H-].[O]=[V](=[O])[OH]. The van der Waals surface area contributed by atoms with Gasteiger partial charge in [-0.1, -0.05) is 0 Å². The Kier molecular flexibility index (Phi) is 52.8. The summed E-state index contributed by atoms with van der Waals surface area (Å²) in [5.74, 6) is 0. The summed E-state index contributed by atoms with van der Waals surface area (Å²) in [5.41, 5.74) is 0. The predicted octanol–water partition coefficient (Wildman–Crippen LogP) is -1.26. The monoisotopic (exact) mass is 226 g/mol. The van der Waals surface area contributed by atoms with Crippen molar-refractivity contribution in [3.8, 4) is 0 Å². The van der Waals surface area contributed by atoms with Crippen molar-refractivity contribution < 1.29 is 35.3 Å². The average Bonchev–Trinajstić information content (AvgIpc) is 0.811. The molecule has 0 rings (SSSR count). The third-order valence-corrected chi connectivity index (χ3v) is 0. The first-order valence-electron chi connectivity index (χ1n) is 0.565. The summed E-state index contributed by atoms with van der Waals surface area (Å²) in [7, 11) is 0. The van der Waals surface area contributed by atoms with Gasteiger partial charge in [0.15, 0.2) is 0 Å². The van der Waals surface area contributed by atoms with Gasteiger partial charge in [-0.2, -0.15) is 0 Å². The molecule has 0 fully saturated rings. The van der Waals surface area contributed by atoms with Gasteiger partial charge in [-0.15, -0.1) is 0 Å². The molecule has 1 N–H and O–H groups in total. The van der Waals surface area contributed by atoms with Gasteiger partial charge < -0.3 is 8.56 Å². The van der Waals surface area contributed by atoms with E-state index in [1.807, 2.05) is 0 Å². The maximum absolute atomic E-state index is 8.67. The van der Waals surface area contributed by atoms with Crippen molar-refractivity contribution in [3.05, 3.63) is 0 Å². The van der Waals surface area contributed by atoms with Crippen molar-refractivity contribution in [3.63, 3.8) is 0 Å². The van der Waals surface area contributed by atoms with Gasteiger partial charge >= 0.3 is 140 Å². The molecular formula is H7Ca3O3V. The van der Waals surface area contributed by atoms with Crippen molar-refractivity contribution in [2.75, 3.05) is 0 Å². The van der Waals surface area contributed by atoms with E-state index in [0.717, 1.165) is 0 Å². The Morgan fingerprint density at radius 1 is 1.14 bits per heavy atom. The Labute approximate surface area is 145 Å². The Balaban J connectivity index is -0.00000000125. The standard InChI is InChI=1S/3Ca.H2O.2O.V.6H/h;;;1H2;;;;;;;;;/q3*+2;;;;+1;6*-1/p-1. The molecule has 0 bridgehead atoms. The molecule has 0 saturated carbocycles. The summed E-state index contributed by atoms with van der Waals surface area (Å²) in [6.45, 7) is 0. The van der Waals surface area contributed by atoms with Crippen LogP contribution in [0.5, 0.6) is 0 Å². The van der Waals surface area contributed by atoms with Gasteiger partial charge in [0, 0.05) is 0 Å². The summed E-state index contributed by atoms with van der Waals surface area (Å²) < 4.78 is 24.4. The molecule has 0 aliphatic rings. The Morgan fingerprint density at radius 3 is 1.14 bits per heavy atom. The molecule has 0 amide bonds. The van der Waals surface area contributed by atoms with Gasteiger partial charge in [0.05, 0.1) is 0 Å². The zero-order valence-corrected chi connectivity index (χ0v) is 11.9. The van der Waals surface area contributed by atoms with Crippen LogP contribution in [0.4, 0.5) is 0 Å². The second kappa shape index (κ2) is 16.5. The van der Waals surface area contributed by atoms with E-state index in [4.69, 9.17) is 11.4 Å². The first kappa shape index (κ1) is 22.4. The first-order chi connectivity index (χ1) is 1.73. The van der Waals surface area contributed by atoms with Gasteiger partial charge in [-0.3, -0.25) is 0 Å².